The fraction of sp³-hybridized carbons (Fsp3) is 0.714. The predicted octanol–water partition coefficient (Wildman–Crippen LogP) is 1.03. The van der Waals surface area contributed by atoms with Crippen molar-refractivity contribution in [1.82, 2.24) is 0 Å². The van der Waals surface area contributed by atoms with E-state index in [0.717, 1.165) is 48.4 Å². The van der Waals surface area contributed by atoms with Gasteiger partial charge in [0.15, 0.2) is 17.6 Å². The summed E-state index contributed by atoms with van der Waals surface area (Å²) in [4.78, 5) is 0. The van der Waals surface area contributed by atoms with E-state index in [1.54, 1.807) is 0 Å². The summed E-state index contributed by atoms with van der Waals surface area (Å²) in [6.45, 7) is 11.0. The van der Waals surface area contributed by atoms with Crippen LogP contribution >= 0.6 is 0 Å². The second-order valence-electron chi connectivity index (χ2n) is 8.28. The van der Waals surface area contributed by atoms with E-state index < -0.39 is 0 Å². The third-order valence-electron chi connectivity index (χ3n) is 6.37. The molecule has 26 heavy (non-hydrogen) atoms. The van der Waals surface area contributed by atoms with E-state index in [-0.39, 0.29) is 35.3 Å². The van der Waals surface area contributed by atoms with E-state index in [0.29, 0.717) is 12.1 Å². The van der Waals surface area contributed by atoms with Crippen LogP contribution in [0.3, 0.4) is 0 Å². The maximum Gasteiger partial charge on any atom is 0.161 e. The topological polar surface area (TPSA) is 27.7 Å². The molecule has 0 aromatic heterocycles. The summed E-state index contributed by atoms with van der Waals surface area (Å²) in [6, 6.07) is 9.14. The highest BCUT2D eigenvalue weighted by atomic mass is 79.9. The van der Waals surface area contributed by atoms with E-state index in [1.807, 2.05) is 24.3 Å². The zero-order chi connectivity index (χ0) is 18.0. The average molecular weight is 428 g/mol. The third-order valence-corrected chi connectivity index (χ3v) is 6.37. The van der Waals surface area contributed by atoms with Crippen LogP contribution in [0.1, 0.15) is 47.0 Å². The van der Waals surface area contributed by atoms with Gasteiger partial charge in [0.1, 0.15) is 12.6 Å². The summed E-state index contributed by atoms with van der Waals surface area (Å²) in [6.07, 6.45) is 3.49. The Kier molecular flexibility index (Phi) is 7.40. The van der Waals surface area contributed by atoms with Gasteiger partial charge >= 0.3 is 0 Å². The van der Waals surface area contributed by atoms with E-state index in [4.69, 9.17) is 14.2 Å². The molecular weight excluding hydrogens is 394 g/mol. The van der Waals surface area contributed by atoms with Gasteiger partial charge in [-0.2, -0.15) is 0 Å². The number of para-hydroxylation sites is 2. The largest absolute Gasteiger partial charge is 1.00 e. The zero-order valence-electron chi connectivity index (χ0n) is 16.8. The van der Waals surface area contributed by atoms with Gasteiger partial charge in [-0.05, 0) is 59.1 Å². The van der Waals surface area contributed by atoms with Crippen molar-refractivity contribution in [3.63, 3.8) is 0 Å². The van der Waals surface area contributed by atoms with Gasteiger partial charge in [-0.3, -0.25) is 0 Å². The highest BCUT2D eigenvalue weighted by molar-refractivity contribution is 5.41. The summed E-state index contributed by atoms with van der Waals surface area (Å²) in [7, 11) is 2.33. The van der Waals surface area contributed by atoms with E-state index >= 15 is 0 Å². The van der Waals surface area contributed by atoms with Crippen LogP contribution in [0, 0.1) is 0 Å². The molecule has 3 rings (SSSR count). The monoisotopic (exact) mass is 427 g/mol. The maximum absolute atomic E-state index is 6.34. The lowest BCUT2D eigenvalue weighted by molar-refractivity contribution is -0.949. The molecule has 5 heteroatoms. The number of rotatable bonds is 6. The first-order valence-electron chi connectivity index (χ1n) is 9.80. The van der Waals surface area contributed by atoms with Crippen LogP contribution in [0.15, 0.2) is 24.3 Å². The highest BCUT2D eigenvalue weighted by Crippen LogP contribution is 2.39. The molecule has 1 aliphatic carbocycles. The second-order valence-corrected chi connectivity index (χ2v) is 8.28. The Hall–Kier alpha value is -0.780. The molecule has 0 amide bonds. The Bertz CT molecular complexity index is 570. The predicted molar refractivity (Wildman–Crippen MR) is 100 cm³/mol. The van der Waals surface area contributed by atoms with Crippen molar-refractivity contribution < 1.29 is 35.7 Å². The lowest BCUT2D eigenvalue weighted by Crippen LogP contribution is -3.00. The first-order valence-corrected chi connectivity index (χ1v) is 9.80. The SMILES string of the molecule is CC(C)[N+](C)(CCOC1CCCC2Oc3ccccc3OC12)C(C)C.[Br-]. The molecule has 0 N–H and O–H groups in total. The third kappa shape index (κ3) is 4.37. The van der Waals surface area contributed by atoms with Crippen LogP contribution in [0.5, 0.6) is 11.5 Å². The smallest absolute Gasteiger partial charge is 0.161 e. The van der Waals surface area contributed by atoms with Crippen molar-refractivity contribution in [3.05, 3.63) is 24.3 Å². The molecular formula is C21H34BrNO3. The summed E-state index contributed by atoms with van der Waals surface area (Å²) in [5, 5.41) is 0. The zero-order valence-corrected chi connectivity index (χ0v) is 18.4. The average Bonchev–Trinajstić information content (AvgIpc) is 2.59. The number of hydrogen-bond acceptors (Lipinski definition) is 3. The van der Waals surface area contributed by atoms with Gasteiger partial charge in [-0.1, -0.05) is 12.1 Å². The quantitative estimate of drug-likeness (QED) is 0.634. The van der Waals surface area contributed by atoms with Gasteiger partial charge in [0, 0.05) is 0 Å². The molecule has 1 aromatic rings. The van der Waals surface area contributed by atoms with Crippen molar-refractivity contribution in [2.75, 3.05) is 20.2 Å². The van der Waals surface area contributed by atoms with Crippen LogP contribution < -0.4 is 26.5 Å². The minimum absolute atomic E-state index is 0. The second kappa shape index (κ2) is 8.94. The molecule has 0 radical (unpaired) electrons. The van der Waals surface area contributed by atoms with Gasteiger partial charge in [-0.25, -0.2) is 0 Å². The van der Waals surface area contributed by atoms with Gasteiger partial charge < -0.3 is 35.7 Å². The summed E-state index contributed by atoms with van der Waals surface area (Å²) >= 11 is 0. The van der Waals surface area contributed by atoms with Crippen LogP contribution in [-0.4, -0.2) is 55.1 Å². The molecule has 0 saturated heterocycles. The summed E-state index contributed by atoms with van der Waals surface area (Å²) in [5.74, 6) is 1.72. The molecule has 148 valence electrons. The van der Waals surface area contributed by atoms with Gasteiger partial charge in [0.25, 0.3) is 0 Å². The molecule has 3 unspecified atom stereocenters. The first kappa shape index (κ1) is 21.5. The lowest BCUT2D eigenvalue weighted by atomic mass is 9.91. The van der Waals surface area contributed by atoms with E-state index in [9.17, 15) is 0 Å². The first-order chi connectivity index (χ1) is 11.9. The number of hydrogen-bond donors (Lipinski definition) is 0. The normalized spacial score (nSPS) is 25.0. The number of likely N-dealkylation sites (N-methyl/N-ethyl adjacent to an activating group) is 1. The minimum atomic E-state index is 0. The number of halogens is 1. The summed E-state index contributed by atoms with van der Waals surface area (Å²) < 4.78 is 19.8. The fourth-order valence-corrected chi connectivity index (χ4v) is 4.01. The van der Waals surface area contributed by atoms with E-state index in [2.05, 4.69) is 34.7 Å². The van der Waals surface area contributed by atoms with Crippen LogP contribution in [-0.2, 0) is 4.74 Å². The highest BCUT2D eigenvalue weighted by Gasteiger charge is 2.41. The van der Waals surface area contributed by atoms with Crippen molar-refractivity contribution in [1.29, 1.82) is 0 Å². The molecule has 1 aromatic carbocycles. The molecule has 1 fully saturated rings. The molecule has 3 atom stereocenters. The Balaban J connectivity index is 0.00000243. The molecule has 0 bridgehead atoms. The Morgan fingerprint density at radius 3 is 2.27 bits per heavy atom. The fourth-order valence-electron chi connectivity index (χ4n) is 4.01. The van der Waals surface area contributed by atoms with Crippen LogP contribution in [0.2, 0.25) is 0 Å². The maximum atomic E-state index is 6.34. The number of fused-ring (bicyclic) bond motifs is 2. The standard InChI is InChI=1S/C21H34NO3.BrH/c1-15(2)22(5,16(3)4)13-14-23-19-11-8-12-20-21(19)25-18-10-7-6-9-17(18)24-20;/h6-7,9-10,15-16,19-21H,8,11-14H2,1-5H3;1H/q+1;/p-1. The number of benzene rings is 1. The Morgan fingerprint density at radius 2 is 1.65 bits per heavy atom. The Labute approximate surface area is 169 Å². The van der Waals surface area contributed by atoms with Gasteiger partial charge in [0.2, 0.25) is 0 Å². The van der Waals surface area contributed by atoms with E-state index in [1.165, 1.54) is 0 Å². The van der Waals surface area contributed by atoms with Crippen LogP contribution in [0.25, 0.3) is 0 Å². The molecule has 1 aliphatic heterocycles. The van der Waals surface area contributed by atoms with Crippen molar-refractivity contribution in [2.45, 2.75) is 77.4 Å². The molecule has 1 heterocycles. The lowest BCUT2D eigenvalue weighted by Gasteiger charge is -2.44. The molecule has 1 saturated carbocycles. The van der Waals surface area contributed by atoms with Crippen LogP contribution in [0.4, 0.5) is 0 Å². The minimum Gasteiger partial charge on any atom is -1.00 e. The molecule has 4 nitrogen and oxygen atoms in total. The van der Waals surface area contributed by atoms with Gasteiger partial charge in [0.05, 0.1) is 31.8 Å². The van der Waals surface area contributed by atoms with Crippen molar-refractivity contribution in [3.8, 4) is 11.5 Å². The van der Waals surface area contributed by atoms with Crippen molar-refractivity contribution >= 4 is 0 Å². The summed E-state index contributed by atoms with van der Waals surface area (Å²) in [5.41, 5.74) is 0. The molecule has 2 aliphatic rings. The number of nitrogens with zero attached hydrogens (tertiary/aromatic N) is 1. The van der Waals surface area contributed by atoms with Crippen molar-refractivity contribution in [2.24, 2.45) is 0 Å². The number of quaternary nitrogens is 1. The number of ether oxygens (including phenoxy) is 3. The molecule has 0 spiro atoms. The Morgan fingerprint density at radius 1 is 1.04 bits per heavy atom. The van der Waals surface area contributed by atoms with Gasteiger partial charge in [-0.15, -0.1) is 0 Å².